The molecule has 0 amide bonds. The number of rotatable bonds is 3. The predicted octanol–water partition coefficient (Wildman–Crippen LogP) is 1.55. The average Bonchev–Trinajstić information content (AvgIpc) is 2.03. The smallest absolute Gasteiger partial charge is 0.207 e. The minimum Gasteiger partial charge on any atom is -0.265 e. The van der Waals surface area contributed by atoms with Crippen molar-refractivity contribution < 1.29 is 4.92 Å². The van der Waals surface area contributed by atoms with Crippen LogP contribution in [0.3, 0.4) is 0 Å². The quantitative estimate of drug-likeness (QED) is 0.532. The minimum atomic E-state index is -0.364. The van der Waals surface area contributed by atoms with Crippen LogP contribution in [0.5, 0.6) is 0 Å². The van der Waals surface area contributed by atoms with Crippen molar-refractivity contribution in [1.29, 1.82) is 0 Å². The zero-order valence-electron chi connectivity index (χ0n) is 6.24. The second-order valence-corrected chi connectivity index (χ2v) is 2.68. The van der Waals surface area contributed by atoms with Gasteiger partial charge < -0.3 is 0 Å². The number of hydrogen-bond donors (Lipinski definition) is 0. The SMILES string of the molecule is O=[N+]([O-])CCc1ccncc1Cl. The van der Waals surface area contributed by atoms with E-state index in [0.29, 0.717) is 11.4 Å². The van der Waals surface area contributed by atoms with Gasteiger partial charge in [-0.15, -0.1) is 0 Å². The molecular formula is C7H7ClN2O2. The molecule has 0 aliphatic heterocycles. The van der Waals surface area contributed by atoms with Crippen LogP contribution < -0.4 is 0 Å². The summed E-state index contributed by atoms with van der Waals surface area (Å²) in [7, 11) is 0. The van der Waals surface area contributed by atoms with Gasteiger partial charge in [-0.25, -0.2) is 0 Å². The third kappa shape index (κ3) is 2.47. The molecule has 0 N–H and O–H groups in total. The van der Waals surface area contributed by atoms with Gasteiger partial charge in [0.05, 0.1) is 5.02 Å². The Balaban J connectivity index is 2.63. The van der Waals surface area contributed by atoms with E-state index in [1.165, 1.54) is 6.20 Å². The van der Waals surface area contributed by atoms with Gasteiger partial charge in [-0.2, -0.15) is 0 Å². The molecule has 0 spiro atoms. The molecule has 0 fully saturated rings. The summed E-state index contributed by atoms with van der Waals surface area (Å²) in [4.78, 5) is 13.4. The van der Waals surface area contributed by atoms with Gasteiger partial charge in [-0.1, -0.05) is 11.6 Å². The first-order valence-electron chi connectivity index (χ1n) is 3.40. The van der Waals surface area contributed by atoms with Gasteiger partial charge in [-0.3, -0.25) is 15.1 Å². The second-order valence-electron chi connectivity index (χ2n) is 2.27. The van der Waals surface area contributed by atoms with E-state index in [1.54, 1.807) is 12.3 Å². The van der Waals surface area contributed by atoms with Gasteiger partial charge in [0, 0.05) is 23.7 Å². The largest absolute Gasteiger partial charge is 0.265 e. The van der Waals surface area contributed by atoms with Crippen molar-refractivity contribution in [2.75, 3.05) is 6.54 Å². The molecule has 12 heavy (non-hydrogen) atoms. The fourth-order valence-electron chi connectivity index (χ4n) is 0.818. The van der Waals surface area contributed by atoms with Crippen LogP contribution in [0.1, 0.15) is 5.56 Å². The van der Waals surface area contributed by atoms with Crippen molar-refractivity contribution in [3.8, 4) is 0 Å². The summed E-state index contributed by atoms with van der Waals surface area (Å²) in [6.07, 6.45) is 3.41. The Morgan fingerprint density at radius 2 is 2.42 bits per heavy atom. The highest BCUT2D eigenvalue weighted by molar-refractivity contribution is 6.31. The van der Waals surface area contributed by atoms with Crippen molar-refractivity contribution in [1.82, 2.24) is 4.98 Å². The predicted molar refractivity (Wildman–Crippen MR) is 44.8 cm³/mol. The first kappa shape index (κ1) is 8.93. The van der Waals surface area contributed by atoms with Crippen LogP contribution in [-0.4, -0.2) is 16.5 Å². The van der Waals surface area contributed by atoms with E-state index in [9.17, 15) is 10.1 Å². The molecule has 0 bridgehead atoms. The standard InChI is InChI=1S/C7H7ClN2O2/c8-7-5-9-3-1-6(7)2-4-10(11)12/h1,3,5H,2,4H2. The molecule has 0 saturated carbocycles. The summed E-state index contributed by atoms with van der Waals surface area (Å²) in [5.41, 5.74) is 0.767. The number of nitrogens with zero attached hydrogens (tertiary/aromatic N) is 2. The highest BCUT2D eigenvalue weighted by atomic mass is 35.5. The van der Waals surface area contributed by atoms with E-state index in [-0.39, 0.29) is 11.5 Å². The zero-order valence-corrected chi connectivity index (χ0v) is 6.99. The Morgan fingerprint density at radius 1 is 1.67 bits per heavy atom. The van der Waals surface area contributed by atoms with E-state index in [4.69, 9.17) is 11.6 Å². The summed E-state index contributed by atoms with van der Waals surface area (Å²) < 4.78 is 0. The monoisotopic (exact) mass is 186 g/mol. The van der Waals surface area contributed by atoms with Gasteiger partial charge in [0.1, 0.15) is 0 Å². The maximum atomic E-state index is 10.0. The highest BCUT2D eigenvalue weighted by Gasteiger charge is 2.03. The maximum Gasteiger partial charge on any atom is 0.207 e. The third-order valence-corrected chi connectivity index (χ3v) is 1.76. The Hall–Kier alpha value is -1.16. The summed E-state index contributed by atoms with van der Waals surface area (Å²) >= 11 is 5.72. The van der Waals surface area contributed by atoms with Gasteiger partial charge in [0.2, 0.25) is 6.54 Å². The van der Waals surface area contributed by atoms with Gasteiger partial charge in [0.25, 0.3) is 0 Å². The molecule has 64 valence electrons. The maximum absolute atomic E-state index is 10.0. The molecule has 0 aliphatic carbocycles. The fraction of sp³-hybridized carbons (Fsp3) is 0.286. The molecule has 0 aromatic carbocycles. The minimum absolute atomic E-state index is 0.0935. The zero-order chi connectivity index (χ0) is 8.97. The molecule has 0 unspecified atom stereocenters. The fourth-order valence-corrected chi connectivity index (χ4v) is 1.03. The van der Waals surface area contributed by atoms with Crippen LogP contribution in [0.25, 0.3) is 0 Å². The molecular weight excluding hydrogens is 180 g/mol. The molecule has 1 heterocycles. The normalized spacial score (nSPS) is 9.75. The first-order chi connectivity index (χ1) is 5.70. The molecule has 1 aromatic heterocycles. The van der Waals surface area contributed by atoms with E-state index in [2.05, 4.69) is 4.98 Å². The van der Waals surface area contributed by atoms with Crippen molar-refractivity contribution in [3.63, 3.8) is 0 Å². The van der Waals surface area contributed by atoms with Crippen LogP contribution in [-0.2, 0) is 6.42 Å². The Labute approximate surface area is 74.3 Å². The van der Waals surface area contributed by atoms with E-state index in [1.807, 2.05) is 0 Å². The Kier molecular flexibility index (Phi) is 2.99. The van der Waals surface area contributed by atoms with Crippen LogP contribution >= 0.6 is 11.6 Å². The van der Waals surface area contributed by atoms with E-state index >= 15 is 0 Å². The molecule has 1 rings (SSSR count). The lowest BCUT2D eigenvalue weighted by Crippen LogP contribution is -2.04. The lowest BCUT2D eigenvalue weighted by Gasteiger charge is -1.98. The van der Waals surface area contributed by atoms with Crippen molar-refractivity contribution in [3.05, 3.63) is 39.2 Å². The molecule has 1 aromatic rings. The van der Waals surface area contributed by atoms with Crippen LogP contribution in [0.15, 0.2) is 18.5 Å². The molecule has 0 saturated heterocycles. The number of hydrogen-bond acceptors (Lipinski definition) is 3. The summed E-state index contributed by atoms with van der Waals surface area (Å²) in [6.45, 7) is -0.0935. The van der Waals surface area contributed by atoms with Crippen LogP contribution in [0, 0.1) is 10.1 Å². The Bertz CT molecular complexity index is 290. The van der Waals surface area contributed by atoms with E-state index < -0.39 is 0 Å². The van der Waals surface area contributed by atoms with Gasteiger partial charge in [0.15, 0.2) is 0 Å². The number of halogens is 1. The van der Waals surface area contributed by atoms with Crippen LogP contribution in [0.2, 0.25) is 5.02 Å². The molecule has 0 radical (unpaired) electrons. The second kappa shape index (κ2) is 4.01. The molecule has 0 atom stereocenters. The van der Waals surface area contributed by atoms with Crippen LogP contribution in [0.4, 0.5) is 0 Å². The lowest BCUT2D eigenvalue weighted by atomic mass is 10.2. The number of nitro groups is 1. The summed E-state index contributed by atoms with van der Waals surface area (Å²) in [5.74, 6) is 0. The number of aromatic nitrogens is 1. The van der Waals surface area contributed by atoms with Gasteiger partial charge in [-0.05, 0) is 11.6 Å². The number of pyridine rings is 1. The lowest BCUT2D eigenvalue weighted by molar-refractivity contribution is -0.479. The van der Waals surface area contributed by atoms with Gasteiger partial charge >= 0.3 is 0 Å². The summed E-state index contributed by atoms with van der Waals surface area (Å²) in [5, 5.41) is 10.5. The Morgan fingerprint density at radius 3 is 3.00 bits per heavy atom. The topological polar surface area (TPSA) is 56.0 Å². The summed E-state index contributed by atoms with van der Waals surface area (Å²) in [6, 6.07) is 1.69. The average molecular weight is 187 g/mol. The van der Waals surface area contributed by atoms with Crippen molar-refractivity contribution in [2.24, 2.45) is 0 Å². The molecule has 4 nitrogen and oxygen atoms in total. The highest BCUT2D eigenvalue weighted by Crippen LogP contribution is 2.13. The molecule has 5 heteroatoms. The van der Waals surface area contributed by atoms with E-state index in [0.717, 1.165) is 5.56 Å². The van der Waals surface area contributed by atoms with Crippen molar-refractivity contribution >= 4 is 11.6 Å². The first-order valence-corrected chi connectivity index (χ1v) is 3.78. The van der Waals surface area contributed by atoms with Crippen molar-refractivity contribution in [2.45, 2.75) is 6.42 Å². The molecule has 0 aliphatic rings. The third-order valence-electron chi connectivity index (χ3n) is 1.42.